The van der Waals surface area contributed by atoms with Crippen molar-refractivity contribution in [2.45, 2.75) is 78.4 Å². The zero-order valence-corrected chi connectivity index (χ0v) is 22.4. The second kappa shape index (κ2) is 10.4. The Kier molecular flexibility index (Phi) is 8.47. The fourth-order valence-corrected chi connectivity index (χ4v) is 5.13. The van der Waals surface area contributed by atoms with Gasteiger partial charge < -0.3 is 19.2 Å². The van der Waals surface area contributed by atoms with E-state index >= 15 is 0 Å². The number of β-lactam (4-membered cyclic amide) rings is 1. The molecule has 9 heteroatoms. The molecule has 1 amide bonds. The lowest BCUT2D eigenvalue weighted by Crippen LogP contribution is -2.72. The summed E-state index contributed by atoms with van der Waals surface area (Å²) in [6, 6.07) is 8.22. The molecule has 0 bridgehead atoms. The van der Waals surface area contributed by atoms with Gasteiger partial charge in [-0.05, 0) is 37.5 Å². The second-order valence-corrected chi connectivity index (χ2v) is 15.3. The van der Waals surface area contributed by atoms with Crippen molar-refractivity contribution in [3.8, 4) is 0 Å². The van der Waals surface area contributed by atoms with Gasteiger partial charge in [0, 0.05) is 6.92 Å². The molecule has 0 radical (unpaired) electrons. The monoisotopic (exact) mass is 491 g/mol. The Morgan fingerprint density at radius 2 is 1.65 bits per heavy atom. The minimum absolute atomic E-state index is 0.0303. The van der Waals surface area contributed by atoms with Gasteiger partial charge in [0.05, 0.1) is 18.1 Å². The summed E-state index contributed by atoms with van der Waals surface area (Å²) in [6.45, 7) is 14.2. The summed E-state index contributed by atoms with van der Waals surface area (Å²) in [6.07, 6.45) is -0.526. The molecule has 1 aliphatic heterocycles. The van der Waals surface area contributed by atoms with Crippen LogP contribution in [0.1, 0.15) is 47.1 Å². The van der Waals surface area contributed by atoms with Crippen molar-refractivity contribution in [3.05, 3.63) is 35.9 Å². The first kappa shape index (κ1) is 27.7. The number of benzene rings is 1. The Morgan fingerprint density at radius 3 is 2.15 bits per heavy atom. The normalized spacial score (nSPS) is 20.9. The van der Waals surface area contributed by atoms with Crippen LogP contribution in [-0.2, 0) is 39.7 Å². The average molecular weight is 492 g/mol. The van der Waals surface area contributed by atoms with E-state index in [1.165, 1.54) is 13.8 Å². The lowest BCUT2D eigenvalue weighted by atomic mass is 9.67. The first-order valence-electron chi connectivity index (χ1n) is 11.5. The first-order chi connectivity index (χ1) is 15.6. The van der Waals surface area contributed by atoms with Crippen LogP contribution in [0.4, 0.5) is 0 Å². The van der Waals surface area contributed by atoms with Gasteiger partial charge in [0.25, 0.3) is 0 Å². The van der Waals surface area contributed by atoms with Crippen LogP contribution in [0.5, 0.6) is 0 Å². The fourth-order valence-electron chi connectivity index (χ4n) is 3.70. The molecule has 0 saturated carbocycles. The number of hydrogen-bond acceptors (Lipinski definition) is 7. The van der Waals surface area contributed by atoms with Gasteiger partial charge in [0.1, 0.15) is 12.0 Å². The van der Waals surface area contributed by atoms with E-state index < -0.39 is 56.1 Å². The average Bonchev–Trinajstić information content (AvgIpc) is 2.72. The van der Waals surface area contributed by atoms with Crippen molar-refractivity contribution in [3.63, 3.8) is 0 Å². The molecule has 4 atom stereocenters. The van der Waals surface area contributed by atoms with Crippen LogP contribution in [0.3, 0.4) is 0 Å². The van der Waals surface area contributed by atoms with E-state index in [2.05, 4.69) is 39.2 Å². The Labute approximate surface area is 202 Å². The van der Waals surface area contributed by atoms with Crippen LogP contribution in [0.15, 0.2) is 30.3 Å². The van der Waals surface area contributed by atoms with Gasteiger partial charge in [0.2, 0.25) is 5.91 Å². The van der Waals surface area contributed by atoms with Crippen LogP contribution >= 0.6 is 0 Å². The molecule has 34 heavy (non-hydrogen) atoms. The smallest absolute Gasteiger partial charge is 0.321 e. The predicted molar refractivity (Wildman–Crippen MR) is 129 cm³/mol. The maximum absolute atomic E-state index is 13.3. The number of nitrogens with one attached hydrogen (secondary N) is 1. The number of esters is 2. The molecule has 0 spiro atoms. The lowest BCUT2D eigenvalue weighted by Gasteiger charge is -2.49. The van der Waals surface area contributed by atoms with Crippen molar-refractivity contribution in [1.29, 1.82) is 0 Å². The molecular formula is C25H37NO7Si. The molecule has 8 nitrogen and oxygen atoms in total. The molecule has 1 saturated heterocycles. The van der Waals surface area contributed by atoms with Gasteiger partial charge in [-0.3, -0.25) is 19.2 Å². The Bertz CT molecular complexity index is 925. The number of rotatable bonds is 10. The van der Waals surface area contributed by atoms with E-state index in [0.29, 0.717) is 0 Å². The van der Waals surface area contributed by atoms with E-state index in [1.807, 2.05) is 18.2 Å². The zero-order chi connectivity index (χ0) is 25.9. The third-order valence-electron chi connectivity index (χ3n) is 7.00. The molecule has 1 heterocycles. The highest BCUT2D eigenvalue weighted by atomic mass is 28.4. The molecule has 1 fully saturated rings. The molecule has 0 aliphatic carbocycles. The highest BCUT2D eigenvalue weighted by molar-refractivity contribution is 6.74. The van der Waals surface area contributed by atoms with Gasteiger partial charge in [-0.2, -0.15) is 0 Å². The molecule has 2 rings (SSSR count). The highest BCUT2D eigenvalue weighted by Gasteiger charge is 2.61. The van der Waals surface area contributed by atoms with Crippen molar-refractivity contribution in [2.75, 3.05) is 6.61 Å². The highest BCUT2D eigenvalue weighted by Crippen LogP contribution is 2.42. The van der Waals surface area contributed by atoms with Crippen molar-refractivity contribution in [1.82, 2.24) is 5.32 Å². The van der Waals surface area contributed by atoms with Gasteiger partial charge in [-0.25, -0.2) is 0 Å². The van der Waals surface area contributed by atoms with Crippen LogP contribution in [0.2, 0.25) is 18.1 Å². The van der Waals surface area contributed by atoms with Crippen molar-refractivity contribution >= 4 is 31.9 Å². The quantitative estimate of drug-likeness (QED) is 0.231. The summed E-state index contributed by atoms with van der Waals surface area (Å²) < 4.78 is 16.8. The van der Waals surface area contributed by atoms with Gasteiger partial charge in [-0.15, -0.1) is 0 Å². The lowest BCUT2D eigenvalue weighted by molar-refractivity contribution is -0.173. The number of amides is 1. The summed E-state index contributed by atoms with van der Waals surface area (Å²) in [4.78, 5) is 50.5. The fraction of sp³-hybridized carbons (Fsp3) is 0.600. The first-order valence-corrected chi connectivity index (χ1v) is 14.4. The molecule has 1 aromatic rings. The van der Waals surface area contributed by atoms with E-state index in [9.17, 15) is 19.2 Å². The molecule has 1 N–H and O–H groups in total. The van der Waals surface area contributed by atoms with Gasteiger partial charge in [0.15, 0.2) is 20.7 Å². The number of Topliss-reactive ketones (excluding diaryl/α,β-unsaturated/α-hetero) is 1. The molecule has 1 aromatic carbocycles. The topological polar surface area (TPSA) is 108 Å². The van der Waals surface area contributed by atoms with Gasteiger partial charge in [-0.1, -0.05) is 51.1 Å². The van der Waals surface area contributed by atoms with E-state index in [-0.39, 0.29) is 17.6 Å². The summed E-state index contributed by atoms with van der Waals surface area (Å²) in [5.41, 5.74) is -0.997. The maximum atomic E-state index is 13.3. The molecule has 1 aliphatic rings. The zero-order valence-electron chi connectivity index (χ0n) is 21.4. The second-order valence-electron chi connectivity index (χ2n) is 10.6. The van der Waals surface area contributed by atoms with Crippen LogP contribution in [-0.4, -0.2) is 50.7 Å². The van der Waals surface area contributed by atoms with Crippen LogP contribution in [0.25, 0.3) is 0 Å². The van der Waals surface area contributed by atoms with E-state index in [4.69, 9.17) is 13.9 Å². The number of carbonyl (C=O) groups is 4. The predicted octanol–water partition coefficient (Wildman–Crippen LogP) is 3.39. The number of ketones is 1. The Hall–Kier alpha value is -2.52. The summed E-state index contributed by atoms with van der Waals surface area (Å²) in [5.74, 6) is -3.10. The van der Waals surface area contributed by atoms with Crippen molar-refractivity contribution in [2.24, 2.45) is 11.3 Å². The molecule has 0 aromatic heterocycles. The summed E-state index contributed by atoms with van der Waals surface area (Å²) >= 11 is 0. The van der Waals surface area contributed by atoms with E-state index in [1.54, 1.807) is 19.1 Å². The molecular weight excluding hydrogens is 454 g/mol. The SMILES string of the molecule is CC(=O)OCC(=O)C(C)(C(=O)OCc1ccccc1)C1NC(=O)C1[C@@H](C)O[Si](C)(C)C(C)(C)C. The Morgan fingerprint density at radius 1 is 1.06 bits per heavy atom. The minimum atomic E-state index is -2.23. The Balaban J connectivity index is 2.31. The standard InChI is InChI=1S/C25H37NO7Si/c1-16(33-34(7,8)24(3,4)5)20-21(26-22(20)29)25(6,19(28)15-31-17(2)27)23(30)32-14-18-12-10-9-11-13-18/h9-13,16,20-21H,14-15H2,1-8H3,(H,26,29)/t16-,20?,21?,25?/m1/s1. The summed E-state index contributed by atoms with van der Waals surface area (Å²) in [5, 5.41) is 2.64. The van der Waals surface area contributed by atoms with Crippen LogP contribution < -0.4 is 5.32 Å². The van der Waals surface area contributed by atoms with Crippen LogP contribution in [0, 0.1) is 11.3 Å². The number of hydrogen-bond donors (Lipinski definition) is 1. The van der Waals surface area contributed by atoms with Gasteiger partial charge >= 0.3 is 11.9 Å². The van der Waals surface area contributed by atoms with E-state index in [0.717, 1.165) is 5.56 Å². The molecule has 3 unspecified atom stereocenters. The molecule has 188 valence electrons. The third-order valence-corrected chi connectivity index (χ3v) is 11.6. The maximum Gasteiger partial charge on any atom is 0.321 e. The minimum Gasteiger partial charge on any atom is -0.460 e. The summed E-state index contributed by atoms with van der Waals surface area (Å²) in [7, 11) is -2.23. The largest absolute Gasteiger partial charge is 0.460 e. The van der Waals surface area contributed by atoms with Crippen molar-refractivity contribution < 1.29 is 33.1 Å². The third kappa shape index (κ3) is 5.93. The number of ether oxygens (including phenoxy) is 2. The number of carbonyl (C=O) groups excluding carboxylic acids is 4.